The summed E-state index contributed by atoms with van der Waals surface area (Å²) in [6, 6.07) is 16.3. The Morgan fingerprint density at radius 1 is 0.949 bits per heavy atom. The van der Waals surface area contributed by atoms with Crippen LogP contribution in [0.2, 0.25) is 0 Å². The number of aromatic hydroxyl groups is 1. The minimum atomic E-state index is -4.56. The molecule has 0 fully saturated rings. The molecule has 0 bridgehead atoms. The lowest BCUT2D eigenvalue weighted by Crippen LogP contribution is -2.30. The number of para-hydroxylation sites is 1. The Hall–Kier alpha value is -4.18. The van der Waals surface area contributed by atoms with Crippen molar-refractivity contribution in [2.24, 2.45) is 5.92 Å². The van der Waals surface area contributed by atoms with Crippen LogP contribution in [0.1, 0.15) is 26.1 Å². The van der Waals surface area contributed by atoms with Gasteiger partial charge in [0.15, 0.2) is 4.90 Å². The van der Waals surface area contributed by atoms with Gasteiger partial charge in [-0.05, 0) is 59.9 Å². The molecule has 3 aromatic carbocycles. The van der Waals surface area contributed by atoms with E-state index in [1.165, 1.54) is 56.7 Å². The normalized spacial score (nSPS) is 11.5. The summed E-state index contributed by atoms with van der Waals surface area (Å²) in [5, 5.41) is 10.9. The summed E-state index contributed by atoms with van der Waals surface area (Å²) in [5.41, 5.74) is 0.256. The van der Waals surface area contributed by atoms with Gasteiger partial charge in [-0.25, -0.2) is 12.8 Å². The fourth-order valence-corrected chi connectivity index (χ4v) is 5.63. The van der Waals surface area contributed by atoms with Crippen molar-refractivity contribution in [3.05, 3.63) is 88.7 Å². The van der Waals surface area contributed by atoms with Gasteiger partial charge in [-0.1, -0.05) is 44.2 Å². The number of halogens is 1. The van der Waals surface area contributed by atoms with Gasteiger partial charge in [-0.15, -0.1) is 0 Å². The lowest BCUT2D eigenvalue weighted by atomic mass is 10.1. The molecule has 8 nitrogen and oxygen atoms in total. The molecule has 4 aromatic rings. The van der Waals surface area contributed by atoms with E-state index in [0.717, 1.165) is 4.57 Å². The monoisotopic (exact) mass is 552 g/mol. The fourth-order valence-electron chi connectivity index (χ4n) is 4.24. The molecule has 0 radical (unpaired) electrons. The first-order valence-electron chi connectivity index (χ1n) is 12.3. The topological polar surface area (TPSA) is 108 Å². The highest BCUT2D eigenvalue weighted by molar-refractivity contribution is 7.91. The highest BCUT2D eigenvalue weighted by Gasteiger charge is 2.31. The number of ether oxygens (including phenoxy) is 2. The molecular weight excluding hydrogens is 523 g/mol. The van der Waals surface area contributed by atoms with Crippen LogP contribution in [0, 0.1) is 11.7 Å². The van der Waals surface area contributed by atoms with E-state index >= 15 is 0 Å². The second-order valence-electron chi connectivity index (χ2n) is 9.30. The van der Waals surface area contributed by atoms with Crippen LogP contribution in [0.3, 0.4) is 0 Å². The summed E-state index contributed by atoms with van der Waals surface area (Å²) in [6.07, 6.45) is 0.900. The zero-order valence-corrected chi connectivity index (χ0v) is 22.8. The van der Waals surface area contributed by atoms with Crippen molar-refractivity contribution in [2.45, 2.75) is 36.5 Å². The van der Waals surface area contributed by atoms with Crippen molar-refractivity contribution in [1.82, 2.24) is 9.55 Å². The molecule has 10 heteroatoms. The molecule has 0 spiro atoms. The van der Waals surface area contributed by atoms with Gasteiger partial charge in [-0.3, -0.25) is 9.36 Å². The van der Waals surface area contributed by atoms with Gasteiger partial charge in [0, 0.05) is 6.42 Å². The molecule has 1 aromatic heterocycles. The van der Waals surface area contributed by atoms with Gasteiger partial charge >= 0.3 is 0 Å². The Labute approximate surface area is 226 Å². The standard InChI is InChI=1S/C29H29FN2O6S/c1-18(2)11-16-25-31-28(33)27(29(34)32(25)26-23(37-3)9-6-10-24(26)38-4)39(35,36)22-8-5-7-20(17-22)19-12-14-21(30)15-13-19/h5-10,12-15,17-18,33H,11,16H2,1-4H3. The maximum Gasteiger partial charge on any atom is 0.281 e. The summed E-state index contributed by atoms with van der Waals surface area (Å²) in [7, 11) is -1.72. The molecule has 204 valence electrons. The number of hydrogen-bond acceptors (Lipinski definition) is 7. The van der Waals surface area contributed by atoms with Crippen LogP contribution in [0.5, 0.6) is 17.4 Å². The summed E-state index contributed by atoms with van der Waals surface area (Å²) in [5.74, 6) is -0.394. The Morgan fingerprint density at radius 3 is 2.15 bits per heavy atom. The first-order valence-corrected chi connectivity index (χ1v) is 13.7. The number of sulfone groups is 1. The molecule has 0 saturated heterocycles. The summed E-state index contributed by atoms with van der Waals surface area (Å²) in [4.78, 5) is 17.1. The van der Waals surface area contributed by atoms with E-state index in [9.17, 15) is 22.7 Å². The van der Waals surface area contributed by atoms with Crippen molar-refractivity contribution in [3.8, 4) is 34.2 Å². The first kappa shape index (κ1) is 27.8. The molecule has 1 N–H and O–H groups in total. The minimum absolute atomic E-state index is 0.160. The highest BCUT2D eigenvalue weighted by Crippen LogP contribution is 2.35. The third-order valence-corrected chi connectivity index (χ3v) is 8.02. The van der Waals surface area contributed by atoms with E-state index < -0.39 is 32.0 Å². The largest absolute Gasteiger partial charge is 0.494 e. The SMILES string of the molecule is COc1cccc(OC)c1-n1c(CCC(C)C)nc(O)c(S(=O)(=O)c2cccc(-c3ccc(F)cc3)c2)c1=O. The van der Waals surface area contributed by atoms with Gasteiger partial charge in [0.05, 0.1) is 19.1 Å². The summed E-state index contributed by atoms with van der Waals surface area (Å²) < 4.78 is 53.2. The van der Waals surface area contributed by atoms with Crippen LogP contribution in [-0.2, 0) is 16.3 Å². The van der Waals surface area contributed by atoms with E-state index in [2.05, 4.69) is 4.98 Å². The van der Waals surface area contributed by atoms with Crippen molar-refractivity contribution >= 4 is 9.84 Å². The van der Waals surface area contributed by atoms with E-state index in [-0.39, 0.29) is 40.2 Å². The lowest BCUT2D eigenvalue weighted by molar-refractivity contribution is 0.386. The maximum absolute atomic E-state index is 14.0. The van der Waals surface area contributed by atoms with Crippen LogP contribution >= 0.6 is 0 Å². The highest BCUT2D eigenvalue weighted by atomic mass is 32.2. The van der Waals surface area contributed by atoms with Crippen LogP contribution < -0.4 is 15.0 Å². The molecule has 0 unspecified atom stereocenters. The lowest BCUT2D eigenvalue weighted by Gasteiger charge is -2.20. The third kappa shape index (κ3) is 5.51. The predicted molar refractivity (Wildman–Crippen MR) is 145 cm³/mol. The maximum atomic E-state index is 14.0. The summed E-state index contributed by atoms with van der Waals surface area (Å²) in [6.45, 7) is 4.00. The molecule has 0 atom stereocenters. The van der Waals surface area contributed by atoms with Gasteiger partial charge in [0.2, 0.25) is 15.7 Å². The number of rotatable bonds is 9. The van der Waals surface area contributed by atoms with Crippen molar-refractivity contribution < 1.29 is 27.4 Å². The van der Waals surface area contributed by atoms with Crippen LogP contribution in [-0.4, -0.2) is 37.3 Å². The number of hydrogen-bond donors (Lipinski definition) is 1. The van der Waals surface area contributed by atoms with E-state index in [1.54, 1.807) is 24.3 Å². The minimum Gasteiger partial charge on any atom is -0.494 e. The van der Waals surface area contributed by atoms with Crippen molar-refractivity contribution in [2.75, 3.05) is 14.2 Å². The number of aryl methyl sites for hydroxylation is 1. The fraction of sp³-hybridized carbons (Fsp3) is 0.241. The smallest absolute Gasteiger partial charge is 0.281 e. The van der Waals surface area contributed by atoms with E-state index in [0.29, 0.717) is 17.5 Å². The van der Waals surface area contributed by atoms with Crippen molar-refractivity contribution in [1.29, 1.82) is 0 Å². The Morgan fingerprint density at radius 2 is 1.56 bits per heavy atom. The second-order valence-corrected chi connectivity index (χ2v) is 11.2. The van der Waals surface area contributed by atoms with E-state index in [1.807, 2.05) is 13.8 Å². The molecule has 0 aliphatic heterocycles. The Bertz CT molecular complexity index is 1640. The molecule has 39 heavy (non-hydrogen) atoms. The van der Waals surface area contributed by atoms with Crippen LogP contribution in [0.15, 0.2) is 81.3 Å². The zero-order valence-electron chi connectivity index (χ0n) is 22.0. The number of aromatic nitrogens is 2. The van der Waals surface area contributed by atoms with Crippen LogP contribution in [0.25, 0.3) is 16.8 Å². The first-order chi connectivity index (χ1) is 18.6. The molecule has 0 saturated carbocycles. The molecule has 0 amide bonds. The summed E-state index contributed by atoms with van der Waals surface area (Å²) >= 11 is 0. The number of methoxy groups -OCH3 is 2. The molecule has 4 rings (SSSR count). The average Bonchev–Trinajstić information content (AvgIpc) is 2.91. The quantitative estimate of drug-likeness (QED) is 0.305. The van der Waals surface area contributed by atoms with Gasteiger partial charge in [0.25, 0.3) is 5.56 Å². The van der Waals surface area contributed by atoms with Gasteiger partial charge < -0.3 is 14.6 Å². The molecule has 0 aliphatic carbocycles. The third-order valence-electron chi connectivity index (χ3n) is 6.25. The van der Waals surface area contributed by atoms with Gasteiger partial charge in [-0.2, -0.15) is 4.98 Å². The zero-order chi connectivity index (χ0) is 28.3. The Kier molecular flexibility index (Phi) is 8.06. The van der Waals surface area contributed by atoms with Gasteiger partial charge in [0.1, 0.15) is 28.8 Å². The number of benzene rings is 3. The average molecular weight is 553 g/mol. The molecular formula is C29H29FN2O6S. The molecule has 1 heterocycles. The predicted octanol–water partition coefficient (Wildman–Crippen LogP) is 5.18. The second kappa shape index (κ2) is 11.3. The molecule has 0 aliphatic rings. The van der Waals surface area contributed by atoms with Crippen LogP contribution in [0.4, 0.5) is 4.39 Å². The van der Waals surface area contributed by atoms with E-state index in [4.69, 9.17) is 9.47 Å². The number of nitrogens with zero attached hydrogens (tertiary/aromatic N) is 2. The van der Waals surface area contributed by atoms with Crippen molar-refractivity contribution in [3.63, 3.8) is 0 Å². The Balaban J connectivity index is 1.98.